The fourth-order valence-corrected chi connectivity index (χ4v) is 0.700. The lowest BCUT2D eigenvalue weighted by Gasteiger charge is -2.01. The van der Waals surface area contributed by atoms with E-state index in [0.717, 1.165) is 5.56 Å². The highest BCUT2D eigenvalue weighted by atomic mass is 16.1. The molecule has 6 nitrogen and oxygen atoms in total. The summed E-state index contributed by atoms with van der Waals surface area (Å²) < 4.78 is 0. The minimum Gasteiger partial charge on any atom is -0.326 e. The van der Waals surface area contributed by atoms with Crippen LogP contribution in [0, 0.1) is 0 Å². The van der Waals surface area contributed by atoms with Crippen LogP contribution in [-0.4, -0.2) is 22.4 Å². The minimum atomic E-state index is -0.319. The molecule has 6 heteroatoms. The van der Waals surface area contributed by atoms with Gasteiger partial charge in [-0.3, -0.25) is 10.1 Å². The van der Waals surface area contributed by atoms with Crippen molar-refractivity contribution in [3.8, 4) is 0 Å². The van der Waals surface area contributed by atoms with Gasteiger partial charge in [0.05, 0.1) is 6.54 Å². The van der Waals surface area contributed by atoms with Crippen LogP contribution >= 0.6 is 0 Å². The van der Waals surface area contributed by atoms with Crippen molar-refractivity contribution >= 4 is 11.9 Å². The quantitative estimate of drug-likeness (QED) is 0.544. The smallest absolute Gasteiger partial charge is 0.240 e. The van der Waals surface area contributed by atoms with Gasteiger partial charge in [0.25, 0.3) is 0 Å². The van der Waals surface area contributed by atoms with Crippen molar-refractivity contribution < 1.29 is 4.79 Å². The van der Waals surface area contributed by atoms with Crippen molar-refractivity contribution in [3.63, 3.8) is 0 Å². The van der Waals surface area contributed by atoms with Crippen LogP contribution in [0.15, 0.2) is 12.4 Å². The number of hydrogen-bond acceptors (Lipinski definition) is 5. The zero-order chi connectivity index (χ0) is 9.68. The van der Waals surface area contributed by atoms with E-state index in [0.29, 0.717) is 6.54 Å². The molecule has 0 aromatic carbocycles. The second-order valence-electron chi connectivity index (χ2n) is 2.37. The first-order valence-electron chi connectivity index (χ1n) is 3.77. The fraction of sp³-hybridized carbons (Fsp3) is 0.286. The van der Waals surface area contributed by atoms with Gasteiger partial charge in [-0.1, -0.05) is 0 Å². The molecule has 0 saturated carbocycles. The number of amides is 1. The summed E-state index contributed by atoms with van der Waals surface area (Å²) in [4.78, 5) is 18.5. The summed E-state index contributed by atoms with van der Waals surface area (Å²) in [7, 11) is 0. The molecule has 1 aromatic heterocycles. The van der Waals surface area contributed by atoms with Gasteiger partial charge in [0.1, 0.15) is 0 Å². The number of nitrogens with two attached hydrogens (primary N) is 2. The predicted molar refractivity (Wildman–Crippen MR) is 47.6 cm³/mol. The molecule has 0 radical (unpaired) electrons. The molecule has 0 aliphatic heterocycles. The van der Waals surface area contributed by atoms with Gasteiger partial charge in [-0.25, -0.2) is 9.97 Å². The van der Waals surface area contributed by atoms with Crippen molar-refractivity contribution in [2.24, 2.45) is 11.5 Å². The van der Waals surface area contributed by atoms with Crippen molar-refractivity contribution in [2.75, 3.05) is 11.9 Å². The van der Waals surface area contributed by atoms with E-state index in [9.17, 15) is 4.79 Å². The summed E-state index contributed by atoms with van der Waals surface area (Å²) in [5, 5.41) is 2.42. The molecule has 13 heavy (non-hydrogen) atoms. The summed E-state index contributed by atoms with van der Waals surface area (Å²) in [6.07, 6.45) is 3.11. The van der Waals surface area contributed by atoms with Gasteiger partial charge < -0.3 is 11.5 Å². The Balaban J connectivity index is 2.64. The van der Waals surface area contributed by atoms with E-state index in [1.54, 1.807) is 12.4 Å². The Morgan fingerprint density at radius 3 is 2.46 bits per heavy atom. The lowest BCUT2D eigenvalue weighted by Crippen LogP contribution is -2.23. The molecule has 0 atom stereocenters. The molecule has 0 bridgehead atoms. The van der Waals surface area contributed by atoms with Crippen molar-refractivity contribution in [1.29, 1.82) is 0 Å². The summed E-state index contributed by atoms with van der Waals surface area (Å²) in [6.45, 7) is 0.299. The molecule has 1 rings (SSSR count). The predicted octanol–water partition coefficient (Wildman–Crippen LogP) is -1.17. The van der Waals surface area contributed by atoms with Crippen LogP contribution in [0.3, 0.4) is 0 Å². The van der Waals surface area contributed by atoms with Gasteiger partial charge in [0.2, 0.25) is 11.9 Å². The number of hydrogen-bond donors (Lipinski definition) is 3. The monoisotopic (exact) mass is 181 g/mol. The van der Waals surface area contributed by atoms with E-state index in [4.69, 9.17) is 11.5 Å². The molecule has 0 fully saturated rings. The van der Waals surface area contributed by atoms with E-state index in [2.05, 4.69) is 15.3 Å². The molecule has 0 unspecified atom stereocenters. The number of aromatic nitrogens is 2. The van der Waals surface area contributed by atoms with Crippen LogP contribution in [0.2, 0.25) is 0 Å². The first-order chi connectivity index (χ1) is 6.26. The zero-order valence-corrected chi connectivity index (χ0v) is 7.03. The third kappa shape index (κ3) is 2.77. The van der Waals surface area contributed by atoms with Gasteiger partial charge in [-0.2, -0.15) is 0 Å². The Morgan fingerprint density at radius 2 is 2.00 bits per heavy atom. The second kappa shape index (κ2) is 4.48. The third-order valence-electron chi connectivity index (χ3n) is 1.38. The number of carbonyl (C=O) groups is 1. The molecule has 0 aliphatic carbocycles. The Labute approximate surface area is 75.4 Å². The Hall–Kier alpha value is -1.53. The van der Waals surface area contributed by atoms with Crippen LogP contribution in [0.5, 0.6) is 0 Å². The second-order valence-corrected chi connectivity index (χ2v) is 2.37. The molecular formula is C7H11N5O. The van der Waals surface area contributed by atoms with Crippen molar-refractivity contribution in [1.82, 2.24) is 9.97 Å². The molecule has 5 N–H and O–H groups in total. The SMILES string of the molecule is NCC(=O)Nc1ncc(CN)cn1. The number of rotatable bonds is 3. The van der Waals surface area contributed by atoms with E-state index < -0.39 is 0 Å². The summed E-state index contributed by atoms with van der Waals surface area (Å²) in [6, 6.07) is 0. The van der Waals surface area contributed by atoms with Crippen LogP contribution in [0.4, 0.5) is 5.95 Å². The minimum absolute atomic E-state index is 0.0813. The van der Waals surface area contributed by atoms with Crippen LogP contribution in [0.1, 0.15) is 5.56 Å². The first-order valence-corrected chi connectivity index (χ1v) is 3.77. The van der Waals surface area contributed by atoms with Crippen LogP contribution < -0.4 is 16.8 Å². The number of anilines is 1. The van der Waals surface area contributed by atoms with Crippen molar-refractivity contribution in [3.05, 3.63) is 18.0 Å². The first kappa shape index (κ1) is 9.56. The fourth-order valence-electron chi connectivity index (χ4n) is 0.700. The maximum absolute atomic E-state index is 10.8. The standard InChI is InChI=1S/C7H11N5O/c8-1-5-3-10-7(11-4-5)12-6(13)2-9/h3-4H,1-2,8-9H2,(H,10,11,12,13). The Kier molecular flexibility index (Phi) is 3.30. The topological polar surface area (TPSA) is 107 Å². The maximum atomic E-state index is 10.8. The van der Waals surface area contributed by atoms with Gasteiger partial charge in [0, 0.05) is 24.5 Å². The van der Waals surface area contributed by atoms with Crippen LogP contribution in [-0.2, 0) is 11.3 Å². The lowest BCUT2D eigenvalue weighted by atomic mass is 10.3. The molecule has 1 amide bonds. The van der Waals surface area contributed by atoms with Gasteiger partial charge in [-0.05, 0) is 0 Å². The highest BCUT2D eigenvalue weighted by Gasteiger charge is 2.00. The average molecular weight is 181 g/mol. The number of carbonyl (C=O) groups excluding carboxylic acids is 1. The molecule has 1 heterocycles. The molecular weight excluding hydrogens is 170 g/mol. The molecule has 1 aromatic rings. The van der Waals surface area contributed by atoms with Crippen LogP contribution in [0.25, 0.3) is 0 Å². The Bertz CT molecular complexity index is 283. The molecule has 0 spiro atoms. The normalized spacial score (nSPS) is 9.69. The Morgan fingerprint density at radius 1 is 1.38 bits per heavy atom. The van der Waals surface area contributed by atoms with Gasteiger partial charge >= 0.3 is 0 Å². The third-order valence-corrected chi connectivity index (χ3v) is 1.38. The average Bonchev–Trinajstić information content (AvgIpc) is 2.19. The summed E-state index contributed by atoms with van der Waals surface area (Å²) >= 11 is 0. The maximum Gasteiger partial charge on any atom is 0.240 e. The molecule has 0 saturated heterocycles. The van der Waals surface area contributed by atoms with Gasteiger partial charge in [0.15, 0.2) is 0 Å². The molecule has 0 aliphatic rings. The summed E-state index contributed by atoms with van der Waals surface area (Å²) in [5.74, 6) is -0.0758. The van der Waals surface area contributed by atoms with E-state index in [1.807, 2.05) is 0 Å². The highest BCUT2D eigenvalue weighted by molar-refractivity contribution is 5.90. The van der Waals surface area contributed by atoms with Gasteiger partial charge in [-0.15, -0.1) is 0 Å². The number of nitrogens with zero attached hydrogens (tertiary/aromatic N) is 2. The lowest BCUT2D eigenvalue weighted by molar-refractivity contribution is -0.114. The number of nitrogens with one attached hydrogen (secondary N) is 1. The molecule has 70 valence electrons. The van der Waals surface area contributed by atoms with Crippen molar-refractivity contribution in [2.45, 2.75) is 6.54 Å². The highest BCUT2D eigenvalue weighted by Crippen LogP contribution is 1.98. The summed E-state index contributed by atoms with van der Waals surface area (Å²) in [5.41, 5.74) is 11.2. The van der Waals surface area contributed by atoms with E-state index in [1.165, 1.54) is 0 Å². The van der Waals surface area contributed by atoms with E-state index >= 15 is 0 Å². The van der Waals surface area contributed by atoms with E-state index in [-0.39, 0.29) is 18.4 Å². The zero-order valence-electron chi connectivity index (χ0n) is 7.03. The largest absolute Gasteiger partial charge is 0.326 e.